The number of halogens is 3. The third-order valence-electron chi connectivity index (χ3n) is 5.08. The molecule has 0 unspecified atom stereocenters. The van der Waals surface area contributed by atoms with Crippen LogP contribution in [0.5, 0.6) is 0 Å². The lowest BCUT2D eigenvalue weighted by molar-refractivity contribution is -0.142. The van der Waals surface area contributed by atoms with Gasteiger partial charge in [-0.1, -0.05) is 0 Å². The van der Waals surface area contributed by atoms with Gasteiger partial charge in [0.2, 0.25) is 5.91 Å². The van der Waals surface area contributed by atoms with E-state index < -0.39 is 17.8 Å². The van der Waals surface area contributed by atoms with Crippen LogP contribution < -0.4 is 5.32 Å². The van der Waals surface area contributed by atoms with E-state index in [1.54, 1.807) is 4.90 Å². The van der Waals surface area contributed by atoms with E-state index >= 15 is 0 Å². The second-order valence-corrected chi connectivity index (χ2v) is 7.23. The van der Waals surface area contributed by atoms with Crippen LogP contribution in [-0.2, 0) is 11.0 Å². The monoisotopic (exact) mass is 395 g/mol. The van der Waals surface area contributed by atoms with Crippen LogP contribution in [0.3, 0.4) is 0 Å². The van der Waals surface area contributed by atoms with Gasteiger partial charge in [0.25, 0.3) is 5.91 Å². The molecular weight excluding hydrogens is 375 g/mol. The van der Waals surface area contributed by atoms with Crippen molar-refractivity contribution in [1.29, 1.82) is 0 Å². The molecule has 1 saturated heterocycles. The summed E-state index contributed by atoms with van der Waals surface area (Å²) in [7, 11) is 0. The highest BCUT2D eigenvalue weighted by Crippen LogP contribution is 2.41. The Hall–Kier alpha value is -2.65. The summed E-state index contributed by atoms with van der Waals surface area (Å²) in [6.45, 7) is 1.60. The summed E-state index contributed by atoms with van der Waals surface area (Å²) in [6, 6.07) is 1.02. The minimum atomic E-state index is -4.59. The van der Waals surface area contributed by atoms with E-state index in [1.165, 1.54) is 0 Å². The molecule has 150 valence electrons. The molecule has 2 amide bonds. The molecule has 1 N–H and O–H groups in total. The largest absolute Gasteiger partial charge is 0.433 e. The van der Waals surface area contributed by atoms with E-state index in [9.17, 15) is 22.8 Å². The van der Waals surface area contributed by atoms with E-state index in [0.717, 1.165) is 38.1 Å². The molecule has 2 aromatic heterocycles. The minimum Gasteiger partial charge on any atom is -0.352 e. The summed E-state index contributed by atoms with van der Waals surface area (Å²) < 4.78 is 40.9. The lowest BCUT2D eigenvalue weighted by Crippen LogP contribution is -2.30. The van der Waals surface area contributed by atoms with Gasteiger partial charge in [-0.05, 0) is 31.7 Å². The average molecular weight is 395 g/mol. The normalized spacial score (nSPS) is 17.5. The van der Waals surface area contributed by atoms with Gasteiger partial charge in [0.15, 0.2) is 5.65 Å². The summed E-state index contributed by atoms with van der Waals surface area (Å²) in [5.74, 6) is -0.392. The Labute approximate surface area is 158 Å². The van der Waals surface area contributed by atoms with Crippen LogP contribution >= 0.6 is 0 Å². The Bertz CT molecular complexity index is 920. The summed E-state index contributed by atoms with van der Waals surface area (Å²) in [4.78, 5) is 30.1. The number of hydrogen-bond donors (Lipinski definition) is 1. The zero-order valence-corrected chi connectivity index (χ0v) is 15.1. The number of nitrogens with one attached hydrogen (secondary N) is 1. The number of carbonyl (C=O) groups excluding carboxylic acids is 2. The van der Waals surface area contributed by atoms with E-state index in [-0.39, 0.29) is 23.0 Å². The molecule has 28 heavy (non-hydrogen) atoms. The second-order valence-electron chi connectivity index (χ2n) is 7.23. The van der Waals surface area contributed by atoms with Crippen molar-refractivity contribution in [2.24, 2.45) is 0 Å². The van der Waals surface area contributed by atoms with Gasteiger partial charge in [0.05, 0.1) is 6.20 Å². The summed E-state index contributed by atoms with van der Waals surface area (Å²) in [5, 5.41) is 6.44. The first-order chi connectivity index (χ1) is 13.3. The van der Waals surface area contributed by atoms with Crippen molar-refractivity contribution in [2.75, 3.05) is 19.6 Å². The molecule has 10 heteroatoms. The first-order valence-electron chi connectivity index (χ1n) is 9.36. The Morgan fingerprint density at radius 3 is 2.75 bits per heavy atom. The molecular formula is C18H20F3N5O2. The Morgan fingerprint density at radius 1 is 1.32 bits per heavy atom. The highest BCUT2D eigenvalue weighted by molar-refractivity contribution is 5.99. The third kappa shape index (κ3) is 3.67. The second kappa shape index (κ2) is 7.06. The Morgan fingerprint density at radius 2 is 2.11 bits per heavy atom. The van der Waals surface area contributed by atoms with Gasteiger partial charge in [-0.2, -0.15) is 18.3 Å². The molecule has 1 saturated carbocycles. The van der Waals surface area contributed by atoms with Crippen molar-refractivity contribution in [3.63, 3.8) is 0 Å². The third-order valence-corrected chi connectivity index (χ3v) is 5.08. The van der Waals surface area contributed by atoms with Gasteiger partial charge in [-0.3, -0.25) is 9.59 Å². The average Bonchev–Trinajstić information content (AvgIpc) is 3.28. The first-order valence-corrected chi connectivity index (χ1v) is 9.36. The van der Waals surface area contributed by atoms with Crippen molar-refractivity contribution in [3.05, 3.63) is 29.2 Å². The highest BCUT2D eigenvalue weighted by atomic mass is 19.4. The van der Waals surface area contributed by atoms with Crippen LogP contribution in [0, 0.1) is 0 Å². The van der Waals surface area contributed by atoms with Crippen molar-refractivity contribution >= 4 is 17.5 Å². The predicted molar refractivity (Wildman–Crippen MR) is 92.7 cm³/mol. The smallest absolute Gasteiger partial charge is 0.352 e. The first kappa shape index (κ1) is 18.7. The Kier molecular flexibility index (Phi) is 4.72. The fourth-order valence-corrected chi connectivity index (χ4v) is 3.44. The van der Waals surface area contributed by atoms with E-state index in [1.807, 2.05) is 0 Å². The van der Waals surface area contributed by atoms with Crippen LogP contribution in [0.2, 0.25) is 0 Å². The molecule has 0 aromatic carbocycles. The molecule has 0 bridgehead atoms. The lowest BCUT2D eigenvalue weighted by Gasteiger charge is -2.15. The molecule has 1 aliphatic carbocycles. The topological polar surface area (TPSA) is 79.6 Å². The Balaban J connectivity index is 1.49. The molecule has 2 aromatic rings. The SMILES string of the molecule is O=C(NCCCN1CCCC1=O)c1cnn2c(C(F)(F)F)cc(C3CC3)nc12. The van der Waals surface area contributed by atoms with Crippen molar-refractivity contribution in [1.82, 2.24) is 24.8 Å². The number of hydrogen-bond acceptors (Lipinski definition) is 4. The fraction of sp³-hybridized carbons (Fsp3) is 0.556. The number of nitrogens with zero attached hydrogens (tertiary/aromatic N) is 4. The van der Waals surface area contributed by atoms with Gasteiger partial charge in [-0.25, -0.2) is 9.50 Å². The number of likely N-dealkylation sites (tertiary alicyclic amines) is 1. The minimum absolute atomic E-state index is 0.00918. The summed E-state index contributed by atoms with van der Waals surface area (Å²) in [6.07, 6.45) is 0.109. The standard InChI is InChI=1S/C18H20F3N5O2/c19-18(20,21)14-9-13(11-4-5-11)24-16-12(10-23-26(14)16)17(28)22-6-2-8-25-7-1-3-15(25)27/h9-11H,1-8H2,(H,22,28). The van der Waals surface area contributed by atoms with Crippen molar-refractivity contribution in [2.45, 2.75) is 44.2 Å². The van der Waals surface area contributed by atoms with Crippen LogP contribution in [0.25, 0.3) is 5.65 Å². The quantitative estimate of drug-likeness (QED) is 0.762. The molecule has 0 atom stereocenters. The van der Waals surface area contributed by atoms with Crippen molar-refractivity contribution in [3.8, 4) is 0 Å². The molecule has 4 rings (SSSR count). The summed E-state index contributed by atoms with van der Waals surface area (Å²) >= 11 is 0. The number of alkyl halides is 3. The maximum Gasteiger partial charge on any atom is 0.433 e. The number of fused-ring (bicyclic) bond motifs is 1. The fourth-order valence-electron chi connectivity index (χ4n) is 3.44. The van der Waals surface area contributed by atoms with Crippen molar-refractivity contribution < 1.29 is 22.8 Å². The predicted octanol–water partition coefficient (Wildman–Crippen LogP) is 2.37. The maximum atomic E-state index is 13.4. The molecule has 0 radical (unpaired) electrons. The van der Waals surface area contributed by atoms with Gasteiger partial charge in [0.1, 0.15) is 11.3 Å². The zero-order chi connectivity index (χ0) is 19.9. The summed E-state index contributed by atoms with van der Waals surface area (Å²) in [5.41, 5.74) is -0.637. The number of rotatable bonds is 6. The van der Waals surface area contributed by atoms with E-state index in [2.05, 4.69) is 15.4 Å². The zero-order valence-electron chi connectivity index (χ0n) is 15.1. The number of carbonyl (C=O) groups is 2. The molecule has 1 aliphatic heterocycles. The maximum absolute atomic E-state index is 13.4. The molecule has 7 nitrogen and oxygen atoms in total. The van der Waals surface area contributed by atoms with Crippen LogP contribution in [0.15, 0.2) is 12.3 Å². The van der Waals surface area contributed by atoms with Gasteiger partial charge < -0.3 is 10.2 Å². The molecule has 0 spiro atoms. The molecule has 2 aliphatic rings. The molecule has 2 fully saturated rings. The number of amides is 2. The van der Waals surface area contributed by atoms with Crippen LogP contribution in [0.1, 0.15) is 59.8 Å². The van der Waals surface area contributed by atoms with Gasteiger partial charge in [0, 0.05) is 37.7 Å². The number of aromatic nitrogens is 3. The van der Waals surface area contributed by atoms with E-state index in [4.69, 9.17) is 0 Å². The van der Waals surface area contributed by atoms with Gasteiger partial charge >= 0.3 is 6.18 Å². The van der Waals surface area contributed by atoms with Crippen LogP contribution in [0.4, 0.5) is 13.2 Å². The highest BCUT2D eigenvalue weighted by Gasteiger charge is 2.37. The lowest BCUT2D eigenvalue weighted by atomic mass is 10.2. The molecule has 3 heterocycles. The van der Waals surface area contributed by atoms with Crippen LogP contribution in [-0.4, -0.2) is 50.9 Å². The van der Waals surface area contributed by atoms with E-state index in [0.29, 0.717) is 36.1 Å². The van der Waals surface area contributed by atoms with Gasteiger partial charge in [-0.15, -0.1) is 0 Å².